The molecule has 2 saturated heterocycles. The maximum absolute atomic E-state index is 13.4. The number of sulfonamides is 1. The predicted octanol–water partition coefficient (Wildman–Crippen LogP) is 3.77. The van der Waals surface area contributed by atoms with Crippen molar-refractivity contribution in [1.29, 1.82) is 0 Å². The summed E-state index contributed by atoms with van der Waals surface area (Å²) in [6, 6.07) is 9.32. The molecule has 34 heavy (non-hydrogen) atoms. The summed E-state index contributed by atoms with van der Waals surface area (Å²) in [5.41, 5.74) is -0.897. The van der Waals surface area contributed by atoms with Gasteiger partial charge >= 0.3 is 12.4 Å². The number of nitrogens with one attached hydrogen (secondary N) is 1. The molecule has 0 aromatic heterocycles. The largest absolute Gasteiger partial charge is 0.573 e. The summed E-state index contributed by atoms with van der Waals surface area (Å²) in [7, 11) is -4.41. The molecule has 2 amide bonds. The number of rotatable bonds is 4. The van der Waals surface area contributed by atoms with Crippen LogP contribution in [0.1, 0.15) is 12.8 Å². The van der Waals surface area contributed by atoms with Gasteiger partial charge in [-0.2, -0.15) is 4.31 Å². The Hall–Kier alpha value is -2.90. The lowest BCUT2D eigenvalue weighted by molar-refractivity contribution is -0.275. The number of hydrogen-bond donors (Lipinski definition) is 1. The highest BCUT2D eigenvalue weighted by Crippen LogP contribution is 2.41. The molecule has 0 aliphatic carbocycles. The molecule has 184 valence electrons. The maximum atomic E-state index is 13.4. The molecule has 1 N–H and O–H groups in total. The van der Waals surface area contributed by atoms with Crippen LogP contribution < -0.4 is 10.1 Å². The molecule has 2 aromatic rings. The maximum Gasteiger partial charge on any atom is 0.573 e. The SMILES string of the molecule is O=C(Nc1ccc(F)cc1)N1CCC2(CC1)OCCN2S(=O)(=O)c1ccccc1OC(F)(F)F. The van der Waals surface area contributed by atoms with E-state index in [-0.39, 0.29) is 39.1 Å². The van der Waals surface area contributed by atoms with E-state index in [0.717, 1.165) is 16.4 Å². The number of para-hydroxylation sites is 1. The average molecular weight is 503 g/mol. The van der Waals surface area contributed by atoms with Crippen molar-refractivity contribution in [3.05, 3.63) is 54.3 Å². The van der Waals surface area contributed by atoms with Gasteiger partial charge in [-0.05, 0) is 36.4 Å². The number of urea groups is 1. The number of carbonyl (C=O) groups is 1. The van der Waals surface area contributed by atoms with Gasteiger partial charge in [0.25, 0.3) is 0 Å². The van der Waals surface area contributed by atoms with E-state index in [4.69, 9.17) is 4.74 Å². The van der Waals surface area contributed by atoms with Crippen molar-refractivity contribution < 1.29 is 40.2 Å². The van der Waals surface area contributed by atoms with Crippen molar-refractivity contribution in [3.8, 4) is 5.75 Å². The first-order valence-corrected chi connectivity index (χ1v) is 11.8. The van der Waals surface area contributed by atoms with Gasteiger partial charge in [-0.25, -0.2) is 17.6 Å². The fourth-order valence-corrected chi connectivity index (χ4v) is 5.95. The first kappa shape index (κ1) is 24.2. The topological polar surface area (TPSA) is 88.2 Å². The average Bonchev–Trinajstić information content (AvgIpc) is 3.19. The van der Waals surface area contributed by atoms with E-state index in [1.54, 1.807) is 0 Å². The second-order valence-corrected chi connectivity index (χ2v) is 9.62. The van der Waals surface area contributed by atoms with E-state index >= 15 is 0 Å². The van der Waals surface area contributed by atoms with Gasteiger partial charge in [0, 0.05) is 38.2 Å². The van der Waals surface area contributed by atoms with Gasteiger partial charge in [-0.3, -0.25) is 0 Å². The number of benzene rings is 2. The van der Waals surface area contributed by atoms with Gasteiger partial charge in [0.1, 0.15) is 22.2 Å². The van der Waals surface area contributed by atoms with Crippen LogP contribution in [0.2, 0.25) is 0 Å². The molecule has 1 spiro atoms. The molecule has 0 atom stereocenters. The van der Waals surface area contributed by atoms with E-state index in [1.807, 2.05) is 0 Å². The summed E-state index contributed by atoms with van der Waals surface area (Å²) in [6.07, 6.45) is -4.83. The predicted molar refractivity (Wildman–Crippen MR) is 112 cm³/mol. The smallest absolute Gasteiger partial charge is 0.404 e. The number of hydrogen-bond acceptors (Lipinski definition) is 5. The highest BCUT2D eigenvalue weighted by atomic mass is 32.2. The van der Waals surface area contributed by atoms with Crippen LogP contribution in [0.15, 0.2) is 53.4 Å². The number of amides is 2. The fraction of sp³-hybridized carbons (Fsp3) is 0.381. The quantitative estimate of drug-likeness (QED) is 0.642. The van der Waals surface area contributed by atoms with Gasteiger partial charge in [0.05, 0.1) is 6.61 Å². The Bertz CT molecular complexity index is 1150. The molecule has 0 bridgehead atoms. The summed E-state index contributed by atoms with van der Waals surface area (Å²) in [5, 5.41) is 2.64. The van der Waals surface area contributed by atoms with Gasteiger partial charge in [0.15, 0.2) is 0 Å². The number of likely N-dealkylation sites (tertiary alicyclic amines) is 1. The zero-order valence-corrected chi connectivity index (χ0v) is 18.5. The van der Waals surface area contributed by atoms with Gasteiger partial charge in [-0.15, -0.1) is 13.2 Å². The first-order chi connectivity index (χ1) is 16.0. The summed E-state index contributed by atoms with van der Waals surface area (Å²) < 4.78 is 89.0. The molecular formula is C21H21F4N3O5S. The van der Waals surface area contributed by atoms with Crippen LogP contribution in [0.3, 0.4) is 0 Å². The highest BCUT2D eigenvalue weighted by Gasteiger charge is 2.51. The lowest BCUT2D eigenvalue weighted by atomic mass is 10.0. The first-order valence-electron chi connectivity index (χ1n) is 10.3. The number of piperidine rings is 1. The monoisotopic (exact) mass is 503 g/mol. The zero-order valence-electron chi connectivity index (χ0n) is 17.7. The van der Waals surface area contributed by atoms with E-state index < -0.39 is 44.6 Å². The normalized spacial score (nSPS) is 18.8. The van der Waals surface area contributed by atoms with Gasteiger partial charge < -0.3 is 19.7 Å². The highest BCUT2D eigenvalue weighted by molar-refractivity contribution is 7.89. The molecule has 2 aliphatic heterocycles. The Morgan fingerprint density at radius 1 is 1.03 bits per heavy atom. The summed E-state index contributed by atoms with van der Waals surface area (Å²) in [6.45, 7) is 0.285. The standard InChI is InChI=1S/C21H21F4N3O5S/c22-15-5-7-16(8-6-15)26-19(29)27-11-9-20(10-12-27)28(13-14-32-20)34(30,31)18-4-2-1-3-17(18)33-21(23,24)25/h1-8H,9-14H2,(H,26,29). The lowest BCUT2D eigenvalue weighted by Crippen LogP contribution is -2.56. The van der Waals surface area contributed by atoms with Crippen molar-refractivity contribution in [3.63, 3.8) is 0 Å². The van der Waals surface area contributed by atoms with Crippen molar-refractivity contribution in [2.24, 2.45) is 0 Å². The third-order valence-electron chi connectivity index (χ3n) is 5.69. The van der Waals surface area contributed by atoms with Gasteiger partial charge in [-0.1, -0.05) is 12.1 Å². The Morgan fingerprint density at radius 2 is 1.68 bits per heavy atom. The number of carbonyl (C=O) groups excluding carboxylic acids is 1. The van der Waals surface area contributed by atoms with Crippen LogP contribution in [-0.2, 0) is 14.8 Å². The molecule has 13 heteroatoms. The second kappa shape index (κ2) is 9.04. The molecule has 0 radical (unpaired) electrons. The van der Waals surface area contributed by atoms with Crippen LogP contribution in [-0.4, -0.2) is 62.0 Å². The Balaban J connectivity index is 1.50. The molecule has 2 fully saturated rings. The van der Waals surface area contributed by atoms with Crippen LogP contribution in [0.25, 0.3) is 0 Å². The molecule has 2 aromatic carbocycles. The van der Waals surface area contributed by atoms with Crippen molar-refractivity contribution in [2.75, 3.05) is 31.6 Å². The molecular weight excluding hydrogens is 482 g/mol. The van der Waals surface area contributed by atoms with E-state index in [1.165, 1.54) is 41.3 Å². The molecule has 2 heterocycles. The lowest BCUT2D eigenvalue weighted by Gasteiger charge is -2.42. The van der Waals surface area contributed by atoms with Crippen LogP contribution in [0.5, 0.6) is 5.75 Å². The number of nitrogens with zero attached hydrogens (tertiary/aromatic N) is 2. The zero-order chi connectivity index (χ0) is 24.6. The minimum atomic E-state index is -5.06. The van der Waals surface area contributed by atoms with Crippen LogP contribution in [0, 0.1) is 5.82 Å². The van der Waals surface area contributed by atoms with E-state index in [2.05, 4.69) is 10.1 Å². The van der Waals surface area contributed by atoms with E-state index in [0.29, 0.717) is 5.69 Å². The number of alkyl halides is 3. The van der Waals surface area contributed by atoms with Crippen molar-refractivity contribution in [2.45, 2.75) is 29.8 Å². The molecule has 8 nitrogen and oxygen atoms in total. The molecule has 4 rings (SSSR count). The van der Waals surface area contributed by atoms with Crippen LogP contribution >= 0.6 is 0 Å². The Morgan fingerprint density at radius 3 is 2.32 bits per heavy atom. The molecule has 0 unspecified atom stereocenters. The summed E-state index contributed by atoms with van der Waals surface area (Å²) in [4.78, 5) is 13.4. The number of ether oxygens (including phenoxy) is 2. The Labute approximate surface area is 193 Å². The molecule has 0 saturated carbocycles. The summed E-state index contributed by atoms with van der Waals surface area (Å²) in [5.74, 6) is -1.27. The minimum Gasteiger partial charge on any atom is -0.404 e. The van der Waals surface area contributed by atoms with Crippen molar-refractivity contribution >= 4 is 21.7 Å². The van der Waals surface area contributed by atoms with E-state index in [9.17, 15) is 30.8 Å². The van der Waals surface area contributed by atoms with Crippen LogP contribution in [0.4, 0.5) is 28.0 Å². The van der Waals surface area contributed by atoms with Gasteiger partial charge in [0.2, 0.25) is 10.0 Å². The molecule has 2 aliphatic rings. The van der Waals surface area contributed by atoms with Crippen molar-refractivity contribution in [1.82, 2.24) is 9.21 Å². The number of halogens is 4. The minimum absolute atomic E-state index is 0.0511. The second-order valence-electron chi connectivity index (χ2n) is 7.79. The summed E-state index contributed by atoms with van der Waals surface area (Å²) >= 11 is 0. The third-order valence-corrected chi connectivity index (χ3v) is 7.68. The Kier molecular flexibility index (Phi) is 6.44. The third kappa shape index (κ3) is 4.95. The number of anilines is 1. The fourth-order valence-electron chi connectivity index (χ4n) is 4.11.